The van der Waals surface area contributed by atoms with Gasteiger partial charge < -0.3 is 4.74 Å². The SMILES string of the molecule is CC1=C[C@H](C)C[C@H](C)C1c1c(C)nn(-c2cc(Oc3ccc4c5ccccc5n(-c5cc(CC(C)C)ccn5)c4c3)cc(C(C)C)c2)c1CCC(C)C. The highest BCUT2D eigenvalue weighted by molar-refractivity contribution is 6.09. The summed E-state index contributed by atoms with van der Waals surface area (Å²) in [5, 5.41) is 7.72. The minimum absolute atomic E-state index is 0.326. The number of hydrogen-bond acceptors (Lipinski definition) is 3. The zero-order valence-electron chi connectivity index (χ0n) is 33.6. The van der Waals surface area contributed by atoms with Crippen molar-refractivity contribution >= 4 is 21.8 Å². The second-order valence-electron chi connectivity index (χ2n) is 17.0. The zero-order valence-corrected chi connectivity index (χ0v) is 33.6. The molecule has 0 aliphatic heterocycles. The van der Waals surface area contributed by atoms with Crippen molar-refractivity contribution in [3.8, 4) is 23.0 Å². The van der Waals surface area contributed by atoms with E-state index in [0.717, 1.165) is 59.0 Å². The first-order valence-corrected chi connectivity index (χ1v) is 20.0. The Morgan fingerprint density at radius 1 is 0.811 bits per heavy atom. The van der Waals surface area contributed by atoms with Gasteiger partial charge in [0.05, 0.1) is 22.4 Å². The van der Waals surface area contributed by atoms with Gasteiger partial charge in [-0.1, -0.05) is 85.2 Å². The highest BCUT2D eigenvalue weighted by Crippen LogP contribution is 2.44. The Balaban J connectivity index is 1.33. The average molecular weight is 707 g/mol. The van der Waals surface area contributed by atoms with Crippen LogP contribution in [0.5, 0.6) is 11.5 Å². The summed E-state index contributed by atoms with van der Waals surface area (Å²) in [7, 11) is 0. The maximum absolute atomic E-state index is 6.86. The molecule has 0 N–H and O–H groups in total. The summed E-state index contributed by atoms with van der Waals surface area (Å²) in [6.07, 6.45) is 8.77. The van der Waals surface area contributed by atoms with Crippen LogP contribution in [0.2, 0.25) is 0 Å². The number of fused-ring (bicyclic) bond motifs is 3. The number of para-hydroxylation sites is 1. The first kappa shape index (κ1) is 36.7. The van der Waals surface area contributed by atoms with Gasteiger partial charge in [0.25, 0.3) is 0 Å². The Hall–Kier alpha value is -4.64. The van der Waals surface area contributed by atoms with Crippen LogP contribution in [0.25, 0.3) is 33.3 Å². The average Bonchev–Trinajstić information content (AvgIpc) is 3.60. The van der Waals surface area contributed by atoms with Crippen LogP contribution >= 0.6 is 0 Å². The van der Waals surface area contributed by atoms with Gasteiger partial charge in [0.2, 0.25) is 0 Å². The van der Waals surface area contributed by atoms with Gasteiger partial charge in [-0.25, -0.2) is 9.67 Å². The minimum Gasteiger partial charge on any atom is -0.457 e. The van der Waals surface area contributed by atoms with Gasteiger partial charge in [0.15, 0.2) is 0 Å². The molecule has 1 unspecified atom stereocenters. The lowest BCUT2D eigenvalue weighted by molar-refractivity contribution is 0.389. The molecule has 3 aromatic heterocycles. The first-order chi connectivity index (χ1) is 25.4. The molecule has 0 fully saturated rings. The molecular weight excluding hydrogens is 649 g/mol. The molecule has 276 valence electrons. The molecule has 1 aliphatic rings. The fourth-order valence-corrected chi connectivity index (χ4v) is 8.87. The minimum atomic E-state index is 0.326. The topological polar surface area (TPSA) is 44.9 Å². The Kier molecular flexibility index (Phi) is 10.4. The summed E-state index contributed by atoms with van der Waals surface area (Å²) in [6.45, 7) is 23.0. The van der Waals surface area contributed by atoms with E-state index in [-0.39, 0.29) is 0 Å². The van der Waals surface area contributed by atoms with E-state index in [1.807, 2.05) is 6.20 Å². The molecule has 7 rings (SSSR count). The summed E-state index contributed by atoms with van der Waals surface area (Å²) in [4.78, 5) is 4.88. The van der Waals surface area contributed by atoms with E-state index in [4.69, 9.17) is 14.8 Å². The molecule has 5 nitrogen and oxygen atoms in total. The summed E-state index contributed by atoms with van der Waals surface area (Å²) in [5.41, 5.74) is 11.2. The maximum atomic E-state index is 6.86. The number of aryl methyl sites for hydroxylation is 1. The van der Waals surface area contributed by atoms with Gasteiger partial charge in [0, 0.05) is 46.3 Å². The largest absolute Gasteiger partial charge is 0.457 e. The number of pyridine rings is 1. The normalized spacial score (nSPS) is 17.8. The molecule has 0 saturated heterocycles. The van der Waals surface area contributed by atoms with E-state index in [1.54, 1.807) is 0 Å². The molecule has 3 heterocycles. The van der Waals surface area contributed by atoms with Gasteiger partial charge in [-0.05, 0) is 123 Å². The monoisotopic (exact) mass is 706 g/mol. The molecule has 0 bridgehead atoms. The second kappa shape index (κ2) is 15.0. The lowest BCUT2D eigenvalue weighted by atomic mass is 9.72. The van der Waals surface area contributed by atoms with E-state index < -0.39 is 0 Å². The number of nitrogens with zero attached hydrogens (tertiary/aromatic N) is 4. The highest BCUT2D eigenvalue weighted by Gasteiger charge is 2.32. The van der Waals surface area contributed by atoms with Crippen LogP contribution in [-0.2, 0) is 12.8 Å². The van der Waals surface area contributed by atoms with Crippen LogP contribution < -0.4 is 4.74 Å². The van der Waals surface area contributed by atoms with Crippen molar-refractivity contribution in [2.24, 2.45) is 23.7 Å². The van der Waals surface area contributed by atoms with Crippen molar-refractivity contribution in [2.45, 2.75) is 107 Å². The third-order valence-electron chi connectivity index (χ3n) is 11.2. The molecule has 0 spiro atoms. The van der Waals surface area contributed by atoms with Crippen molar-refractivity contribution in [3.63, 3.8) is 0 Å². The molecule has 1 aliphatic carbocycles. The Morgan fingerprint density at radius 3 is 2.32 bits per heavy atom. The van der Waals surface area contributed by atoms with Gasteiger partial charge in [0.1, 0.15) is 17.3 Å². The smallest absolute Gasteiger partial charge is 0.137 e. The summed E-state index contributed by atoms with van der Waals surface area (Å²) in [5.74, 6) is 5.64. The highest BCUT2D eigenvalue weighted by atomic mass is 16.5. The van der Waals surface area contributed by atoms with E-state index in [1.165, 1.54) is 45.2 Å². The first-order valence-electron chi connectivity index (χ1n) is 20.0. The van der Waals surface area contributed by atoms with Crippen LogP contribution in [0.3, 0.4) is 0 Å². The lowest BCUT2D eigenvalue weighted by Crippen LogP contribution is -2.21. The number of hydrogen-bond donors (Lipinski definition) is 0. The molecule has 6 aromatic rings. The van der Waals surface area contributed by atoms with Crippen molar-refractivity contribution in [1.29, 1.82) is 0 Å². The van der Waals surface area contributed by atoms with E-state index in [0.29, 0.717) is 35.5 Å². The quantitative estimate of drug-likeness (QED) is 0.126. The molecule has 5 heteroatoms. The predicted molar refractivity (Wildman–Crippen MR) is 222 cm³/mol. The fourth-order valence-electron chi connectivity index (χ4n) is 8.87. The van der Waals surface area contributed by atoms with Gasteiger partial charge in [-0.2, -0.15) is 5.10 Å². The van der Waals surface area contributed by atoms with Crippen molar-refractivity contribution < 1.29 is 4.74 Å². The molecule has 53 heavy (non-hydrogen) atoms. The predicted octanol–water partition coefficient (Wildman–Crippen LogP) is 13.1. The Morgan fingerprint density at radius 2 is 1.58 bits per heavy atom. The number of benzene rings is 3. The van der Waals surface area contributed by atoms with Crippen LogP contribution in [0.15, 0.2) is 90.6 Å². The van der Waals surface area contributed by atoms with Gasteiger partial charge in [-0.3, -0.25) is 4.57 Å². The summed E-state index contributed by atoms with van der Waals surface area (Å²) >= 11 is 0. The van der Waals surface area contributed by atoms with E-state index in [9.17, 15) is 0 Å². The Bertz CT molecular complexity index is 2280. The Labute approximate surface area is 317 Å². The second-order valence-corrected chi connectivity index (χ2v) is 17.0. The van der Waals surface area contributed by atoms with Crippen LogP contribution in [-0.4, -0.2) is 19.3 Å². The zero-order chi connectivity index (χ0) is 37.6. The molecular formula is C48H58N4O. The van der Waals surface area contributed by atoms with Crippen LogP contribution in [0.4, 0.5) is 0 Å². The van der Waals surface area contributed by atoms with Crippen molar-refractivity contribution in [2.75, 3.05) is 0 Å². The number of ether oxygens (including phenoxy) is 1. The maximum Gasteiger partial charge on any atom is 0.137 e. The molecule has 0 radical (unpaired) electrons. The van der Waals surface area contributed by atoms with Crippen molar-refractivity contribution in [3.05, 3.63) is 119 Å². The standard InChI is InChI=1S/C48H58N4O/c1-29(2)15-18-44-48(47-33(8)22-32(7)23-34(47)9)35(10)50-52(44)38-25-37(31(5)6)26-40(27-38)53-39-16-17-42-41-13-11-12-14-43(41)51(45(42)28-39)46-24-36(19-20-49-46)21-30(3)4/h11-14,16-17,19-20,22,24-32,34,47H,15,18,21,23H2,1-10H3/t32-,34-,47?/m0/s1. The third-order valence-corrected chi connectivity index (χ3v) is 11.2. The van der Waals surface area contributed by atoms with Crippen LogP contribution in [0, 0.1) is 30.6 Å². The molecule has 3 atom stereocenters. The molecule has 0 saturated carbocycles. The molecule has 3 aromatic carbocycles. The molecule has 0 amide bonds. The summed E-state index contributed by atoms with van der Waals surface area (Å²) < 4.78 is 11.4. The van der Waals surface area contributed by atoms with Gasteiger partial charge in [-0.15, -0.1) is 0 Å². The van der Waals surface area contributed by atoms with Crippen LogP contribution in [0.1, 0.15) is 115 Å². The van der Waals surface area contributed by atoms with E-state index >= 15 is 0 Å². The van der Waals surface area contributed by atoms with Gasteiger partial charge >= 0.3 is 0 Å². The van der Waals surface area contributed by atoms with E-state index in [2.05, 4.69) is 157 Å². The number of allylic oxidation sites excluding steroid dienone is 2. The number of rotatable bonds is 11. The summed E-state index contributed by atoms with van der Waals surface area (Å²) in [6, 6.07) is 26.2. The number of aromatic nitrogens is 4. The van der Waals surface area contributed by atoms with Crippen molar-refractivity contribution in [1.82, 2.24) is 19.3 Å². The fraction of sp³-hybridized carbons (Fsp3) is 0.417. The third kappa shape index (κ3) is 7.45. The lowest BCUT2D eigenvalue weighted by Gasteiger charge is -2.33.